The van der Waals surface area contributed by atoms with Crippen molar-refractivity contribution in [3.05, 3.63) is 40.9 Å². The Kier molecular flexibility index (Phi) is 3.86. The largest absolute Gasteiger partial charge is 0.487 e. The molecule has 0 fully saturated rings. The van der Waals surface area contributed by atoms with Crippen molar-refractivity contribution in [1.82, 2.24) is 5.32 Å². The highest BCUT2D eigenvalue weighted by molar-refractivity contribution is 6.36. The zero-order chi connectivity index (χ0) is 14.1. The van der Waals surface area contributed by atoms with Crippen molar-refractivity contribution in [3.63, 3.8) is 0 Å². The number of rotatable bonds is 4. The van der Waals surface area contributed by atoms with E-state index in [1.165, 1.54) is 5.56 Å². The van der Waals surface area contributed by atoms with E-state index in [1.54, 1.807) is 0 Å². The molecular formula is C17H20ClNO. The summed E-state index contributed by atoms with van der Waals surface area (Å²) in [6.45, 7) is 5.34. The number of hydrogen-bond donors (Lipinski definition) is 1. The molecule has 0 aromatic heterocycles. The summed E-state index contributed by atoms with van der Waals surface area (Å²) < 4.78 is 6.21. The fraction of sp³-hybridized carbons (Fsp3) is 0.412. The molecule has 1 aliphatic heterocycles. The summed E-state index contributed by atoms with van der Waals surface area (Å²) in [7, 11) is 0. The van der Waals surface area contributed by atoms with Gasteiger partial charge in [-0.3, -0.25) is 0 Å². The van der Waals surface area contributed by atoms with Gasteiger partial charge in [0.15, 0.2) is 0 Å². The predicted octanol–water partition coefficient (Wildman–Crippen LogP) is 4.70. The summed E-state index contributed by atoms with van der Waals surface area (Å²) in [6.07, 6.45) is 2.30. The Morgan fingerprint density at radius 2 is 1.95 bits per heavy atom. The first-order valence-corrected chi connectivity index (χ1v) is 7.75. The molecule has 2 atom stereocenters. The van der Waals surface area contributed by atoms with Crippen molar-refractivity contribution in [2.75, 3.05) is 6.54 Å². The molecule has 0 radical (unpaired) electrons. The molecule has 3 heteroatoms. The van der Waals surface area contributed by atoms with E-state index in [9.17, 15) is 0 Å². The molecule has 2 aromatic carbocycles. The first-order valence-electron chi connectivity index (χ1n) is 7.37. The van der Waals surface area contributed by atoms with E-state index in [1.807, 2.05) is 12.1 Å². The smallest absolute Gasteiger partial charge is 0.132 e. The van der Waals surface area contributed by atoms with E-state index >= 15 is 0 Å². The van der Waals surface area contributed by atoms with Crippen LogP contribution in [0.3, 0.4) is 0 Å². The highest BCUT2D eigenvalue weighted by Gasteiger charge is 2.34. The van der Waals surface area contributed by atoms with Crippen molar-refractivity contribution in [2.45, 2.75) is 38.8 Å². The van der Waals surface area contributed by atoms with Crippen molar-refractivity contribution >= 4 is 22.4 Å². The molecule has 3 rings (SSSR count). The standard InChI is InChI=1S/C17H20ClNO/c1-3-9-19-16-13-10-14(18)11-7-5-6-8-12(11)17(13)20-15(16)4-2/h5-8,10,15-16,19H,3-4,9H2,1-2H3. The van der Waals surface area contributed by atoms with Gasteiger partial charge in [0.1, 0.15) is 11.9 Å². The van der Waals surface area contributed by atoms with Crippen LogP contribution in [-0.4, -0.2) is 12.6 Å². The summed E-state index contributed by atoms with van der Waals surface area (Å²) in [5.74, 6) is 1.01. The molecule has 0 amide bonds. The molecule has 2 nitrogen and oxygen atoms in total. The Morgan fingerprint density at radius 1 is 1.20 bits per heavy atom. The Hall–Kier alpha value is -1.25. The topological polar surface area (TPSA) is 21.3 Å². The average molecular weight is 290 g/mol. The van der Waals surface area contributed by atoms with Gasteiger partial charge in [-0.1, -0.05) is 49.7 Å². The van der Waals surface area contributed by atoms with E-state index in [4.69, 9.17) is 16.3 Å². The molecular weight excluding hydrogens is 270 g/mol. The van der Waals surface area contributed by atoms with Crippen LogP contribution in [-0.2, 0) is 0 Å². The maximum Gasteiger partial charge on any atom is 0.132 e. The molecule has 106 valence electrons. The summed E-state index contributed by atoms with van der Waals surface area (Å²) in [6, 6.07) is 10.5. The van der Waals surface area contributed by atoms with Gasteiger partial charge in [-0.05, 0) is 25.5 Å². The van der Waals surface area contributed by atoms with Crippen LogP contribution in [0.4, 0.5) is 0 Å². The van der Waals surface area contributed by atoms with Crippen LogP contribution in [0.2, 0.25) is 5.02 Å². The van der Waals surface area contributed by atoms with Gasteiger partial charge in [0, 0.05) is 21.4 Å². The zero-order valence-corrected chi connectivity index (χ0v) is 12.7. The lowest BCUT2D eigenvalue weighted by Crippen LogP contribution is -2.31. The quantitative estimate of drug-likeness (QED) is 0.880. The number of fused-ring (bicyclic) bond motifs is 3. The first-order chi connectivity index (χ1) is 9.76. The Morgan fingerprint density at radius 3 is 2.65 bits per heavy atom. The van der Waals surface area contributed by atoms with Gasteiger partial charge >= 0.3 is 0 Å². The second-order valence-corrected chi connectivity index (χ2v) is 5.73. The molecule has 20 heavy (non-hydrogen) atoms. The van der Waals surface area contributed by atoms with Crippen LogP contribution in [0.1, 0.15) is 38.3 Å². The van der Waals surface area contributed by atoms with Crippen molar-refractivity contribution in [2.24, 2.45) is 0 Å². The Bertz CT molecular complexity index is 626. The maximum atomic E-state index is 6.45. The van der Waals surface area contributed by atoms with Gasteiger partial charge in [-0.15, -0.1) is 0 Å². The van der Waals surface area contributed by atoms with Crippen LogP contribution < -0.4 is 10.1 Å². The Labute approximate surface area is 125 Å². The fourth-order valence-corrected chi connectivity index (χ4v) is 3.25. The monoisotopic (exact) mass is 289 g/mol. The molecule has 0 aliphatic carbocycles. The van der Waals surface area contributed by atoms with E-state index in [0.29, 0.717) is 0 Å². The lowest BCUT2D eigenvalue weighted by molar-refractivity contribution is 0.187. The number of halogens is 1. The van der Waals surface area contributed by atoms with Crippen molar-refractivity contribution in [3.8, 4) is 5.75 Å². The van der Waals surface area contributed by atoms with Crippen LogP contribution in [0.25, 0.3) is 10.8 Å². The van der Waals surface area contributed by atoms with Gasteiger partial charge in [0.2, 0.25) is 0 Å². The summed E-state index contributed by atoms with van der Waals surface area (Å²) >= 11 is 6.45. The normalized spacial score (nSPS) is 20.9. The van der Waals surface area contributed by atoms with Gasteiger partial charge in [-0.25, -0.2) is 0 Å². The van der Waals surface area contributed by atoms with Crippen molar-refractivity contribution in [1.29, 1.82) is 0 Å². The second-order valence-electron chi connectivity index (χ2n) is 5.32. The minimum Gasteiger partial charge on any atom is -0.487 e. The Balaban J connectivity index is 2.12. The lowest BCUT2D eigenvalue weighted by Gasteiger charge is -2.18. The predicted molar refractivity (Wildman–Crippen MR) is 84.7 cm³/mol. The number of nitrogens with one attached hydrogen (secondary N) is 1. The highest BCUT2D eigenvalue weighted by atomic mass is 35.5. The van der Waals surface area contributed by atoms with Crippen LogP contribution in [0.5, 0.6) is 5.75 Å². The first kappa shape index (κ1) is 13.7. The molecule has 2 unspecified atom stereocenters. The third kappa shape index (κ3) is 2.17. The SMILES string of the molecule is CCCNC1c2cc(Cl)c3ccccc3c2OC1CC. The number of ether oxygens (including phenoxy) is 1. The van der Waals surface area contributed by atoms with E-state index < -0.39 is 0 Å². The lowest BCUT2D eigenvalue weighted by atomic mass is 9.98. The third-order valence-corrected chi connectivity index (χ3v) is 4.28. The molecule has 0 bridgehead atoms. The number of benzene rings is 2. The molecule has 0 saturated carbocycles. The van der Waals surface area contributed by atoms with Crippen LogP contribution in [0, 0.1) is 0 Å². The second kappa shape index (κ2) is 5.63. The molecule has 1 N–H and O–H groups in total. The van der Waals surface area contributed by atoms with Gasteiger partial charge in [0.05, 0.1) is 6.04 Å². The average Bonchev–Trinajstić information content (AvgIpc) is 2.83. The van der Waals surface area contributed by atoms with Gasteiger partial charge in [0.25, 0.3) is 0 Å². The van der Waals surface area contributed by atoms with Crippen LogP contribution in [0.15, 0.2) is 30.3 Å². The summed E-state index contributed by atoms with van der Waals surface area (Å²) in [5.41, 5.74) is 1.20. The highest BCUT2D eigenvalue weighted by Crippen LogP contribution is 2.45. The summed E-state index contributed by atoms with van der Waals surface area (Å²) in [5, 5.41) is 6.59. The van der Waals surface area contributed by atoms with Crippen LogP contribution >= 0.6 is 11.6 Å². The molecule has 0 spiro atoms. The molecule has 1 heterocycles. The zero-order valence-electron chi connectivity index (χ0n) is 11.9. The molecule has 2 aromatic rings. The minimum atomic E-state index is 0.193. The maximum absolute atomic E-state index is 6.45. The van der Waals surface area contributed by atoms with Gasteiger partial charge in [-0.2, -0.15) is 0 Å². The summed E-state index contributed by atoms with van der Waals surface area (Å²) in [4.78, 5) is 0. The molecule has 0 saturated heterocycles. The van der Waals surface area contributed by atoms with Gasteiger partial charge < -0.3 is 10.1 Å². The number of hydrogen-bond acceptors (Lipinski definition) is 2. The minimum absolute atomic E-state index is 0.193. The van der Waals surface area contributed by atoms with E-state index in [2.05, 4.69) is 37.4 Å². The van der Waals surface area contributed by atoms with Crippen molar-refractivity contribution < 1.29 is 4.74 Å². The van der Waals surface area contributed by atoms with E-state index in [0.717, 1.165) is 40.9 Å². The fourth-order valence-electron chi connectivity index (χ4n) is 2.97. The molecule has 1 aliphatic rings. The third-order valence-electron chi connectivity index (χ3n) is 3.97. The van der Waals surface area contributed by atoms with E-state index in [-0.39, 0.29) is 12.1 Å².